The molecule has 0 aliphatic carbocycles. The van der Waals surface area contributed by atoms with Gasteiger partial charge >= 0.3 is 0 Å². The lowest BCUT2D eigenvalue weighted by atomic mass is 10.00. The smallest absolute Gasteiger partial charge is 0.252 e. The Morgan fingerprint density at radius 3 is 2.66 bits per heavy atom. The highest BCUT2D eigenvalue weighted by Gasteiger charge is 2.33. The van der Waals surface area contributed by atoms with Crippen molar-refractivity contribution in [3.63, 3.8) is 0 Å². The lowest BCUT2D eigenvalue weighted by Gasteiger charge is -2.26. The van der Waals surface area contributed by atoms with Crippen molar-refractivity contribution >= 4 is 28.9 Å². The molecular weight excluding hydrogens is 388 g/mol. The number of benzodiazepines with no additional fused rings is 1. The van der Waals surface area contributed by atoms with Gasteiger partial charge in [0.05, 0.1) is 11.4 Å². The summed E-state index contributed by atoms with van der Waals surface area (Å²) < 4.78 is 0. The first kappa shape index (κ1) is 19.3. The molecule has 8 heteroatoms. The van der Waals surface area contributed by atoms with Gasteiger partial charge in [-0.25, -0.2) is 0 Å². The number of aromatic nitrogens is 4. The topological polar surface area (TPSA) is 87.1 Å². The van der Waals surface area contributed by atoms with Crippen molar-refractivity contribution in [3.05, 3.63) is 70.5 Å². The number of aliphatic imine (C=N–C) groups is 1. The fraction of sp³-hybridized carbons (Fsp3) is 0.286. The third kappa shape index (κ3) is 3.91. The zero-order valence-corrected chi connectivity index (χ0v) is 17.0. The molecule has 2 aromatic carbocycles. The van der Waals surface area contributed by atoms with Gasteiger partial charge in [0.2, 0.25) is 0 Å². The number of hydrogen-bond donors (Lipinski definition) is 1. The van der Waals surface area contributed by atoms with Crippen LogP contribution in [0.3, 0.4) is 0 Å². The number of rotatable bonds is 5. The number of carbonyl (C=O) groups excluding carboxylic acids is 1. The number of aromatic amines is 1. The van der Waals surface area contributed by atoms with Crippen molar-refractivity contribution in [2.75, 3.05) is 11.4 Å². The maximum atomic E-state index is 13.5. The molecule has 7 nitrogen and oxygen atoms in total. The summed E-state index contributed by atoms with van der Waals surface area (Å²) in [5, 5.41) is 14.6. The summed E-state index contributed by atoms with van der Waals surface area (Å²) in [5.74, 6) is 0.555. The van der Waals surface area contributed by atoms with Crippen LogP contribution in [0, 0.1) is 5.92 Å². The van der Waals surface area contributed by atoms with Crippen LogP contribution in [0.1, 0.15) is 30.8 Å². The standard InChI is InChI=1S/C21H21ClN6O/c1-13(2)19-21(29)28(11-10-18-24-26-27-25-18)17-9-8-15(22)12-16(17)20(23-19)14-6-4-3-5-7-14/h3-9,12-13,19H,10-11H2,1-2H3,(H,24,25,26,27)/t19-/m0/s1. The first-order chi connectivity index (χ1) is 14.0. The molecular formula is C21H21ClN6O. The second kappa shape index (κ2) is 8.13. The highest BCUT2D eigenvalue weighted by Crippen LogP contribution is 2.32. The number of hydrogen-bond acceptors (Lipinski definition) is 5. The van der Waals surface area contributed by atoms with Crippen LogP contribution in [0.15, 0.2) is 53.5 Å². The molecule has 29 heavy (non-hydrogen) atoms. The Kier molecular flexibility index (Phi) is 5.40. The summed E-state index contributed by atoms with van der Waals surface area (Å²) in [4.78, 5) is 20.2. The van der Waals surface area contributed by atoms with Crippen LogP contribution in [0.4, 0.5) is 5.69 Å². The third-order valence-corrected chi connectivity index (χ3v) is 5.15. The summed E-state index contributed by atoms with van der Waals surface area (Å²) >= 11 is 6.33. The molecule has 1 aliphatic rings. The van der Waals surface area contributed by atoms with Crippen molar-refractivity contribution in [2.45, 2.75) is 26.3 Å². The van der Waals surface area contributed by atoms with Gasteiger partial charge in [-0.1, -0.05) is 61.0 Å². The highest BCUT2D eigenvalue weighted by molar-refractivity contribution is 6.32. The zero-order chi connectivity index (χ0) is 20.4. The van der Waals surface area contributed by atoms with Gasteiger partial charge in [0, 0.05) is 29.1 Å². The second-order valence-electron chi connectivity index (χ2n) is 7.26. The molecule has 0 saturated carbocycles. The van der Waals surface area contributed by atoms with Crippen LogP contribution < -0.4 is 4.90 Å². The number of tetrazole rings is 1. The predicted octanol–water partition coefficient (Wildman–Crippen LogP) is 3.30. The molecule has 1 aromatic heterocycles. The number of benzene rings is 2. The molecule has 4 rings (SSSR count). The van der Waals surface area contributed by atoms with E-state index >= 15 is 0 Å². The molecule has 1 atom stereocenters. The van der Waals surface area contributed by atoms with E-state index in [2.05, 4.69) is 20.6 Å². The average molecular weight is 409 g/mol. The van der Waals surface area contributed by atoms with E-state index in [4.69, 9.17) is 16.6 Å². The number of fused-ring (bicyclic) bond motifs is 1. The van der Waals surface area contributed by atoms with Crippen LogP contribution in [0.2, 0.25) is 5.02 Å². The Bertz CT molecular complexity index is 1030. The molecule has 0 spiro atoms. The van der Waals surface area contributed by atoms with Crippen molar-refractivity contribution < 1.29 is 4.79 Å². The normalized spacial score (nSPS) is 16.6. The fourth-order valence-electron chi connectivity index (χ4n) is 3.47. The number of halogens is 1. The van der Waals surface area contributed by atoms with Gasteiger partial charge in [-0.15, -0.1) is 10.2 Å². The van der Waals surface area contributed by atoms with Gasteiger partial charge in [0.1, 0.15) is 6.04 Å². The van der Waals surface area contributed by atoms with E-state index in [-0.39, 0.29) is 11.8 Å². The van der Waals surface area contributed by atoms with E-state index in [0.717, 1.165) is 22.5 Å². The number of amides is 1. The molecule has 2 heterocycles. The van der Waals surface area contributed by atoms with Crippen LogP contribution >= 0.6 is 11.6 Å². The van der Waals surface area contributed by atoms with Gasteiger partial charge in [-0.2, -0.15) is 5.21 Å². The van der Waals surface area contributed by atoms with Gasteiger partial charge < -0.3 is 4.90 Å². The number of H-pyrrole nitrogens is 1. The Hall–Kier alpha value is -3.06. The molecule has 148 valence electrons. The first-order valence-electron chi connectivity index (χ1n) is 9.51. The van der Waals surface area contributed by atoms with Crippen molar-refractivity contribution in [1.82, 2.24) is 20.6 Å². The largest absolute Gasteiger partial charge is 0.309 e. The SMILES string of the molecule is CC(C)[C@@H]1N=C(c2ccccc2)c2cc(Cl)ccc2N(CCc2nn[nH]n2)C1=O. The lowest BCUT2D eigenvalue weighted by molar-refractivity contribution is -0.120. The summed E-state index contributed by atoms with van der Waals surface area (Å²) in [6.45, 7) is 4.44. The first-order valence-corrected chi connectivity index (χ1v) is 9.89. The van der Waals surface area contributed by atoms with Crippen LogP contribution in [-0.4, -0.2) is 44.8 Å². The molecule has 0 radical (unpaired) electrons. The number of carbonyl (C=O) groups is 1. The minimum absolute atomic E-state index is 0.0404. The summed E-state index contributed by atoms with van der Waals surface area (Å²) in [5.41, 5.74) is 3.36. The Labute approximate surface area is 173 Å². The third-order valence-electron chi connectivity index (χ3n) is 4.92. The molecule has 1 N–H and O–H groups in total. The Morgan fingerprint density at radius 2 is 1.97 bits per heavy atom. The van der Waals surface area contributed by atoms with Crippen LogP contribution in [-0.2, 0) is 11.2 Å². The van der Waals surface area contributed by atoms with Gasteiger partial charge in [-0.05, 0) is 24.1 Å². The van der Waals surface area contributed by atoms with Gasteiger partial charge in [-0.3, -0.25) is 9.79 Å². The minimum atomic E-state index is -0.498. The van der Waals surface area contributed by atoms with E-state index in [1.807, 2.05) is 56.3 Å². The molecule has 0 fully saturated rings. The van der Waals surface area contributed by atoms with Crippen LogP contribution in [0.25, 0.3) is 0 Å². The quantitative estimate of drug-likeness (QED) is 0.701. The lowest BCUT2D eigenvalue weighted by Crippen LogP contribution is -2.41. The van der Waals surface area contributed by atoms with E-state index in [1.165, 1.54) is 0 Å². The fourth-order valence-corrected chi connectivity index (χ4v) is 3.64. The van der Waals surface area contributed by atoms with E-state index in [9.17, 15) is 4.79 Å². The molecule has 3 aromatic rings. The molecule has 1 aliphatic heterocycles. The average Bonchev–Trinajstić information content (AvgIpc) is 3.19. The highest BCUT2D eigenvalue weighted by atomic mass is 35.5. The maximum absolute atomic E-state index is 13.5. The van der Waals surface area contributed by atoms with E-state index in [0.29, 0.717) is 23.8 Å². The predicted molar refractivity (Wildman–Crippen MR) is 112 cm³/mol. The summed E-state index contributed by atoms with van der Waals surface area (Å²) in [7, 11) is 0. The molecule has 1 amide bonds. The van der Waals surface area contributed by atoms with E-state index in [1.54, 1.807) is 11.0 Å². The monoisotopic (exact) mass is 408 g/mol. The van der Waals surface area contributed by atoms with Gasteiger partial charge in [0.15, 0.2) is 5.82 Å². The van der Waals surface area contributed by atoms with Crippen LogP contribution in [0.5, 0.6) is 0 Å². The van der Waals surface area contributed by atoms with E-state index < -0.39 is 6.04 Å². The minimum Gasteiger partial charge on any atom is -0.309 e. The van der Waals surface area contributed by atoms with Gasteiger partial charge in [0.25, 0.3) is 5.91 Å². The molecule has 0 saturated heterocycles. The second-order valence-corrected chi connectivity index (χ2v) is 7.70. The molecule has 0 bridgehead atoms. The van der Waals surface area contributed by atoms with Crippen molar-refractivity contribution in [3.8, 4) is 0 Å². The zero-order valence-electron chi connectivity index (χ0n) is 16.2. The Morgan fingerprint density at radius 1 is 1.17 bits per heavy atom. The molecule has 0 unspecified atom stereocenters. The number of nitrogens with one attached hydrogen (secondary N) is 1. The van der Waals surface area contributed by atoms with Crippen molar-refractivity contribution in [1.29, 1.82) is 0 Å². The maximum Gasteiger partial charge on any atom is 0.252 e. The summed E-state index contributed by atoms with van der Waals surface area (Å²) in [6.07, 6.45) is 0.482. The van der Waals surface area contributed by atoms with Crippen molar-refractivity contribution in [2.24, 2.45) is 10.9 Å². The number of nitrogens with zero attached hydrogens (tertiary/aromatic N) is 5. The Balaban J connectivity index is 1.84. The number of anilines is 1. The summed E-state index contributed by atoms with van der Waals surface area (Å²) in [6, 6.07) is 14.9.